The molecule has 0 radical (unpaired) electrons. The number of nitrogens with two attached hydrogens (primary N) is 1. The molecule has 1 aliphatic rings. The van der Waals surface area contributed by atoms with E-state index in [4.69, 9.17) is 17.3 Å². The van der Waals surface area contributed by atoms with Gasteiger partial charge in [0.05, 0.1) is 0 Å². The molecular weight excluding hydrogens is 260 g/mol. The van der Waals surface area contributed by atoms with Crippen LogP contribution in [0, 0.1) is 6.92 Å². The summed E-state index contributed by atoms with van der Waals surface area (Å²) in [6.07, 6.45) is 3.97. The number of benzene rings is 1. The lowest BCUT2D eigenvalue weighted by Crippen LogP contribution is -2.42. The monoisotopic (exact) mass is 280 g/mol. The molecule has 2 N–H and O–H groups in total. The van der Waals surface area contributed by atoms with Gasteiger partial charge in [-0.1, -0.05) is 17.7 Å². The van der Waals surface area contributed by atoms with Crippen molar-refractivity contribution in [3.63, 3.8) is 0 Å². The van der Waals surface area contributed by atoms with Crippen LogP contribution in [0.4, 0.5) is 0 Å². The maximum absolute atomic E-state index is 12.5. The van der Waals surface area contributed by atoms with Crippen molar-refractivity contribution in [1.82, 2.24) is 4.90 Å². The van der Waals surface area contributed by atoms with Crippen molar-refractivity contribution in [3.05, 3.63) is 34.3 Å². The number of carbonyl (C=O) groups is 1. The van der Waals surface area contributed by atoms with Gasteiger partial charge in [0.1, 0.15) is 0 Å². The van der Waals surface area contributed by atoms with Gasteiger partial charge in [-0.15, -0.1) is 0 Å². The highest BCUT2D eigenvalue weighted by Gasteiger charge is 2.26. The molecular formula is C15H21ClN2O. The predicted octanol–water partition coefficient (Wildman–Crippen LogP) is 2.99. The quantitative estimate of drug-likeness (QED) is 0.905. The van der Waals surface area contributed by atoms with Crippen LogP contribution < -0.4 is 5.73 Å². The highest BCUT2D eigenvalue weighted by Crippen LogP contribution is 2.24. The maximum atomic E-state index is 12.5. The topological polar surface area (TPSA) is 46.3 Å². The van der Waals surface area contributed by atoms with Crippen LogP contribution in [0.15, 0.2) is 18.2 Å². The zero-order valence-corrected chi connectivity index (χ0v) is 12.3. The molecule has 0 atom stereocenters. The average Bonchev–Trinajstić information content (AvgIpc) is 2.41. The zero-order valence-electron chi connectivity index (χ0n) is 11.5. The summed E-state index contributed by atoms with van der Waals surface area (Å²) < 4.78 is 0. The van der Waals surface area contributed by atoms with Gasteiger partial charge < -0.3 is 10.6 Å². The Labute approximate surface area is 119 Å². The first-order valence-corrected chi connectivity index (χ1v) is 7.15. The molecule has 0 heterocycles. The molecule has 3 nitrogen and oxygen atoms in total. The van der Waals surface area contributed by atoms with E-state index in [2.05, 4.69) is 0 Å². The summed E-state index contributed by atoms with van der Waals surface area (Å²) in [6, 6.07) is 6.05. The Kier molecular flexibility index (Phi) is 4.48. The summed E-state index contributed by atoms with van der Waals surface area (Å²) in [4.78, 5) is 14.4. The number of aryl methyl sites for hydroxylation is 1. The van der Waals surface area contributed by atoms with Crippen molar-refractivity contribution < 1.29 is 4.79 Å². The van der Waals surface area contributed by atoms with E-state index < -0.39 is 0 Å². The van der Waals surface area contributed by atoms with E-state index in [0.29, 0.717) is 22.7 Å². The number of hydrogen-bond acceptors (Lipinski definition) is 2. The van der Waals surface area contributed by atoms with E-state index in [1.807, 2.05) is 31.0 Å². The van der Waals surface area contributed by atoms with Gasteiger partial charge in [-0.25, -0.2) is 0 Å². The molecule has 19 heavy (non-hydrogen) atoms. The average molecular weight is 281 g/mol. The molecule has 0 bridgehead atoms. The van der Waals surface area contributed by atoms with E-state index in [1.165, 1.54) is 0 Å². The van der Waals surface area contributed by atoms with E-state index in [9.17, 15) is 4.79 Å². The Bertz CT molecular complexity index is 467. The molecule has 1 amide bonds. The Morgan fingerprint density at radius 1 is 1.32 bits per heavy atom. The Balaban J connectivity index is 2.12. The second kappa shape index (κ2) is 5.93. The third kappa shape index (κ3) is 3.28. The summed E-state index contributed by atoms with van der Waals surface area (Å²) >= 11 is 5.98. The standard InChI is InChI=1S/C15H21ClN2O/c1-10-3-4-11(16)9-14(10)15(19)18(2)13-7-5-12(17)6-8-13/h3-4,9,12-13H,5-8,17H2,1-2H3. The first-order chi connectivity index (χ1) is 8.99. The van der Waals surface area contributed by atoms with Gasteiger partial charge in [-0.2, -0.15) is 0 Å². The summed E-state index contributed by atoms with van der Waals surface area (Å²) in [6.45, 7) is 1.94. The normalized spacial score (nSPS) is 23.2. The van der Waals surface area contributed by atoms with E-state index in [0.717, 1.165) is 31.2 Å². The molecule has 4 heteroatoms. The van der Waals surface area contributed by atoms with Gasteiger partial charge in [0.2, 0.25) is 0 Å². The maximum Gasteiger partial charge on any atom is 0.254 e. The van der Waals surface area contributed by atoms with Crippen LogP contribution in [-0.4, -0.2) is 29.9 Å². The zero-order chi connectivity index (χ0) is 14.0. The van der Waals surface area contributed by atoms with Crippen LogP contribution in [0.3, 0.4) is 0 Å². The fraction of sp³-hybridized carbons (Fsp3) is 0.533. The summed E-state index contributed by atoms with van der Waals surface area (Å²) in [5, 5.41) is 0.605. The van der Waals surface area contributed by atoms with Crippen molar-refractivity contribution >= 4 is 17.5 Å². The van der Waals surface area contributed by atoms with Crippen molar-refractivity contribution in [2.75, 3.05) is 7.05 Å². The Morgan fingerprint density at radius 2 is 1.95 bits per heavy atom. The minimum Gasteiger partial charge on any atom is -0.339 e. The van der Waals surface area contributed by atoms with Crippen molar-refractivity contribution in [2.24, 2.45) is 5.73 Å². The van der Waals surface area contributed by atoms with Crippen LogP contribution in [-0.2, 0) is 0 Å². The molecule has 0 aromatic heterocycles. The van der Waals surface area contributed by atoms with E-state index >= 15 is 0 Å². The molecule has 0 spiro atoms. The van der Waals surface area contributed by atoms with Crippen molar-refractivity contribution in [2.45, 2.75) is 44.7 Å². The second-order valence-electron chi connectivity index (χ2n) is 5.44. The van der Waals surface area contributed by atoms with Gasteiger partial charge >= 0.3 is 0 Å². The fourth-order valence-electron chi connectivity index (χ4n) is 2.67. The smallest absolute Gasteiger partial charge is 0.254 e. The summed E-state index contributed by atoms with van der Waals surface area (Å²) in [5.41, 5.74) is 7.57. The van der Waals surface area contributed by atoms with Crippen molar-refractivity contribution in [3.8, 4) is 0 Å². The third-order valence-corrected chi connectivity index (χ3v) is 4.27. The minimum atomic E-state index is 0.0560. The Hall–Kier alpha value is -1.06. The molecule has 0 unspecified atom stereocenters. The second-order valence-corrected chi connectivity index (χ2v) is 5.88. The number of rotatable bonds is 2. The third-order valence-electron chi connectivity index (χ3n) is 4.04. The van der Waals surface area contributed by atoms with E-state index in [1.54, 1.807) is 6.07 Å². The van der Waals surface area contributed by atoms with Crippen LogP contribution in [0.1, 0.15) is 41.6 Å². The van der Waals surface area contributed by atoms with Gasteiger partial charge in [-0.3, -0.25) is 4.79 Å². The number of halogens is 1. The number of amides is 1. The van der Waals surface area contributed by atoms with Crippen LogP contribution in [0.5, 0.6) is 0 Å². The minimum absolute atomic E-state index is 0.0560. The molecule has 1 fully saturated rings. The molecule has 1 aromatic rings. The number of hydrogen-bond donors (Lipinski definition) is 1. The molecule has 1 aromatic carbocycles. The molecule has 104 valence electrons. The van der Waals surface area contributed by atoms with Crippen molar-refractivity contribution in [1.29, 1.82) is 0 Å². The number of nitrogens with zero attached hydrogens (tertiary/aromatic N) is 1. The lowest BCUT2D eigenvalue weighted by atomic mass is 9.90. The largest absolute Gasteiger partial charge is 0.339 e. The lowest BCUT2D eigenvalue weighted by molar-refractivity contribution is 0.0689. The van der Waals surface area contributed by atoms with Crippen LogP contribution >= 0.6 is 11.6 Å². The number of carbonyl (C=O) groups excluding carboxylic acids is 1. The lowest BCUT2D eigenvalue weighted by Gasteiger charge is -2.33. The summed E-state index contributed by atoms with van der Waals surface area (Å²) in [7, 11) is 1.88. The van der Waals surface area contributed by atoms with Gasteiger partial charge in [0.25, 0.3) is 5.91 Å². The van der Waals surface area contributed by atoms with Crippen LogP contribution in [0.25, 0.3) is 0 Å². The molecule has 2 rings (SSSR count). The first-order valence-electron chi connectivity index (χ1n) is 6.78. The first kappa shape index (κ1) is 14.4. The van der Waals surface area contributed by atoms with Crippen LogP contribution in [0.2, 0.25) is 5.02 Å². The highest BCUT2D eigenvalue weighted by atomic mass is 35.5. The van der Waals surface area contributed by atoms with Gasteiger partial charge in [0.15, 0.2) is 0 Å². The van der Waals surface area contributed by atoms with E-state index in [-0.39, 0.29) is 5.91 Å². The van der Waals surface area contributed by atoms with Gasteiger partial charge in [0, 0.05) is 29.7 Å². The summed E-state index contributed by atoms with van der Waals surface area (Å²) in [5.74, 6) is 0.0560. The molecule has 1 saturated carbocycles. The fourth-order valence-corrected chi connectivity index (χ4v) is 2.84. The van der Waals surface area contributed by atoms with Gasteiger partial charge in [-0.05, 0) is 50.3 Å². The molecule has 0 saturated heterocycles. The molecule has 1 aliphatic carbocycles. The molecule has 0 aliphatic heterocycles. The predicted molar refractivity (Wildman–Crippen MR) is 78.5 cm³/mol. The Morgan fingerprint density at radius 3 is 2.58 bits per heavy atom. The SMILES string of the molecule is Cc1ccc(Cl)cc1C(=O)N(C)C1CCC(N)CC1. The highest BCUT2D eigenvalue weighted by molar-refractivity contribution is 6.31.